The molecule has 0 bridgehead atoms. The van der Waals surface area contributed by atoms with Crippen molar-refractivity contribution in [2.24, 2.45) is 0 Å². The topological polar surface area (TPSA) is 102 Å². The number of allylic oxidation sites excluding steroid dienone is 10. The molecule has 0 aliphatic carbocycles. The molecule has 328 valence electrons. The Morgan fingerprint density at radius 1 is 0.526 bits per heavy atom. The van der Waals surface area contributed by atoms with Gasteiger partial charge in [0.2, 0.25) is 0 Å². The highest BCUT2D eigenvalue weighted by Crippen LogP contribution is 2.13. The van der Waals surface area contributed by atoms with Gasteiger partial charge in [0.25, 0.3) is 0 Å². The number of hydrogen-bond acceptors (Lipinski definition) is 7. The summed E-state index contributed by atoms with van der Waals surface area (Å²) in [6.07, 6.45) is 48.0. The van der Waals surface area contributed by atoms with Gasteiger partial charge in [0.1, 0.15) is 12.6 Å². The van der Waals surface area contributed by atoms with Crippen LogP contribution in [0.4, 0.5) is 0 Å². The zero-order valence-corrected chi connectivity index (χ0v) is 37.2. The number of nitrogens with zero attached hydrogens (tertiary/aromatic N) is 1. The van der Waals surface area contributed by atoms with Crippen LogP contribution in [0.15, 0.2) is 60.8 Å². The molecular weight excluding hydrogens is 715 g/mol. The number of aliphatic carboxylic acids is 1. The summed E-state index contributed by atoms with van der Waals surface area (Å²) < 4.78 is 17.2. The molecule has 0 N–H and O–H groups in total. The van der Waals surface area contributed by atoms with E-state index in [1.807, 2.05) is 6.08 Å². The van der Waals surface area contributed by atoms with Crippen molar-refractivity contribution in [1.29, 1.82) is 0 Å². The van der Waals surface area contributed by atoms with Crippen LogP contribution in [-0.2, 0) is 28.6 Å². The second-order valence-electron chi connectivity index (χ2n) is 16.4. The van der Waals surface area contributed by atoms with Gasteiger partial charge in [-0.2, -0.15) is 0 Å². The lowest BCUT2D eigenvalue weighted by atomic mass is 10.1. The molecule has 0 amide bonds. The highest BCUT2D eigenvalue weighted by atomic mass is 16.6. The maximum absolute atomic E-state index is 12.7. The molecule has 0 radical (unpaired) electrons. The van der Waals surface area contributed by atoms with Crippen LogP contribution in [0.3, 0.4) is 0 Å². The van der Waals surface area contributed by atoms with Gasteiger partial charge in [-0.1, -0.05) is 158 Å². The molecule has 8 nitrogen and oxygen atoms in total. The Hall–Kier alpha value is -2.97. The number of carbonyl (C=O) groups is 3. The Balaban J connectivity index is 4.39. The Labute approximate surface area is 349 Å². The summed E-state index contributed by atoms with van der Waals surface area (Å²) >= 11 is 0. The van der Waals surface area contributed by atoms with Crippen molar-refractivity contribution >= 4 is 17.9 Å². The first-order valence-electron chi connectivity index (χ1n) is 22.9. The summed E-state index contributed by atoms with van der Waals surface area (Å²) in [5, 5.41) is 11.6. The van der Waals surface area contributed by atoms with Crippen LogP contribution in [0, 0.1) is 0 Å². The third kappa shape index (κ3) is 38.3. The second-order valence-corrected chi connectivity index (χ2v) is 16.4. The van der Waals surface area contributed by atoms with Gasteiger partial charge in [0.15, 0.2) is 6.10 Å². The molecule has 0 fully saturated rings. The SMILES string of the molecule is CCCCC/C=C/C=C/C=C/C=C/CCCCCCCC(=O)OCC(COCCC(C(=O)[O-])[N+](C)(C)C)OC(=O)CCCCCCCCC/C=C/CCCCCC. The average Bonchev–Trinajstić information content (AvgIpc) is 3.17. The lowest BCUT2D eigenvalue weighted by molar-refractivity contribution is -0.889. The lowest BCUT2D eigenvalue weighted by Crippen LogP contribution is -2.55. The van der Waals surface area contributed by atoms with Crippen molar-refractivity contribution in [3.63, 3.8) is 0 Å². The average molecular weight is 800 g/mol. The molecule has 0 spiro atoms. The number of ether oxygens (including phenoxy) is 3. The zero-order chi connectivity index (χ0) is 42.1. The summed E-state index contributed by atoms with van der Waals surface area (Å²) in [7, 11) is 5.39. The van der Waals surface area contributed by atoms with E-state index in [0.29, 0.717) is 12.8 Å². The lowest BCUT2D eigenvalue weighted by Gasteiger charge is -2.34. The van der Waals surface area contributed by atoms with Gasteiger partial charge >= 0.3 is 11.9 Å². The predicted molar refractivity (Wildman–Crippen MR) is 236 cm³/mol. The molecule has 0 aromatic heterocycles. The summed E-state index contributed by atoms with van der Waals surface area (Å²) in [5.41, 5.74) is 0. The fourth-order valence-corrected chi connectivity index (χ4v) is 6.37. The van der Waals surface area contributed by atoms with E-state index in [1.165, 1.54) is 83.5 Å². The van der Waals surface area contributed by atoms with E-state index in [4.69, 9.17) is 14.2 Å². The quantitative estimate of drug-likeness (QED) is 0.0200. The van der Waals surface area contributed by atoms with Crippen molar-refractivity contribution in [2.45, 2.75) is 193 Å². The molecule has 57 heavy (non-hydrogen) atoms. The maximum Gasteiger partial charge on any atom is 0.306 e. The number of hydrogen-bond donors (Lipinski definition) is 0. The zero-order valence-electron chi connectivity index (χ0n) is 37.2. The normalized spacial score (nSPS) is 13.5. The minimum absolute atomic E-state index is 0.0292. The molecule has 0 aliphatic rings. The molecular formula is C49H85NO7. The number of carboxylic acids is 1. The summed E-state index contributed by atoms with van der Waals surface area (Å²) in [4.78, 5) is 36.9. The summed E-state index contributed by atoms with van der Waals surface area (Å²) in [6.45, 7) is 4.58. The first kappa shape index (κ1) is 54.0. The van der Waals surface area contributed by atoms with Crippen LogP contribution < -0.4 is 5.11 Å². The number of rotatable bonds is 40. The Bertz CT molecular complexity index is 1120. The molecule has 2 unspecified atom stereocenters. The molecule has 0 saturated heterocycles. The first-order valence-corrected chi connectivity index (χ1v) is 22.9. The van der Waals surface area contributed by atoms with Crippen LogP contribution in [0.5, 0.6) is 0 Å². The summed E-state index contributed by atoms with van der Waals surface area (Å²) in [6, 6.07) is -0.732. The molecule has 0 aromatic carbocycles. The largest absolute Gasteiger partial charge is 0.544 e. The number of carboxylic acid groups (broad SMARTS) is 1. The third-order valence-corrected chi connectivity index (χ3v) is 9.97. The van der Waals surface area contributed by atoms with E-state index in [2.05, 4.69) is 68.5 Å². The number of esters is 2. The highest BCUT2D eigenvalue weighted by molar-refractivity contribution is 5.70. The van der Waals surface area contributed by atoms with Crippen LogP contribution in [-0.4, -0.2) is 75.5 Å². The van der Waals surface area contributed by atoms with Gasteiger partial charge in [0, 0.05) is 19.3 Å². The van der Waals surface area contributed by atoms with E-state index < -0.39 is 18.1 Å². The van der Waals surface area contributed by atoms with Crippen molar-refractivity contribution < 1.29 is 38.2 Å². The minimum Gasteiger partial charge on any atom is -0.544 e. The molecule has 0 aromatic rings. The van der Waals surface area contributed by atoms with Gasteiger partial charge in [-0.25, -0.2) is 0 Å². The van der Waals surface area contributed by atoms with Gasteiger partial charge in [0.05, 0.1) is 40.3 Å². The van der Waals surface area contributed by atoms with Crippen molar-refractivity contribution in [3.05, 3.63) is 60.8 Å². The number of quaternary nitrogens is 1. The van der Waals surface area contributed by atoms with Gasteiger partial charge in [-0.3, -0.25) is 9.59 Å². The van der Waals surface area contributed by atoms with E-state index in [9.17, 15) is 19.5 Å². The van der Waals surface area contributed by atoms with Crippen molar-refractivity contribution in [2.75, 3.05) is 41.0 Å². The van der Waals surface area contributed by atoms with Crippen LogP contribution in [0.25, 0.3) is 0 Å². The van der Waals surface area contributed by atoms with E-state index in [1.54, 1.807) is 21.1 Å². The summed E-state index contributed by atoms with van der Waals surface area (Å²) in [5.74, 6) is -1.77. The van der Waals surface area contributed by atoms with Crippen LogP contribution in [0.1, 0.15) is 181 Å². The molecule has 0 saturated carbocycles. The fraction of sp³-hybridized carbons (Fsp3) is 0.735. The molecule has 8 heteroatoms. The number of likely N-dealkylation sites (N-methyl/N-ethyl adjacent to an activating group) is 1. The molecule has 0 aliphatic heterocycles. The van der Waals surface area contributed by atoms with Gasteiger partial charge in [-0.05, 0) is 64.2 Å². The number of carbonyl (C=O) groups excluding carboxylic acids is 3. The third-order valence-electron chi connectivity index (χ3n) is 9.97. The standard InChI is InChI=1S/C49H85NO7/c1-6-8-10-12-14-16-18-20-22-23-24-26-27-29-31-33-35-37-39-47(51)56-44-45(43-55-42-41-46(49(53)54)50(3,4)5)57-48(52)40-38-36-34-32-30-28-25-21-19-17-15-13-11-9-7-2/h14,16-20,22-24,26,45-46H,6-13,15,21,25,27-44H2,1-5H3/b16-14+,19-17+,20-18+,23-22+,26-24+. The van der Waals surface area contributed by atoms with Crippen molar-refractivity contribution in [3.8, 4) is 0 Å². The van der Waals surface area contributed by atoms with Gasteiger partial charge < -0.3 is 28.6 Å². The fourth-order valence-electron chi connectivity index (χ4n) is 6.37. The monoisotopic (exact) mass is 800 g/mol. The smallest absolute Gasteiger partial charge is 0.306 e. The predicted octanol–water partition coefficient (Wildman–Crippen LogP) is 11.2. The minimum atomic E-state index is -1.13. The maximum atomic E-state index is 12.7. The molecule has 0 rings (SSSR count). The second kappa shape index (κ2) is 39.8. The Kier molecular flexibility index (Phi) is 37.8. The van der Waals surface area contributed by atoms with Crippen LogP contribution in [0.2, 0.25) is 0 Å². The first-order chi connectivity index (χ1) is 27.6. The number of unbranched alkanes of at least 4 members (excludes halogenated alkanes) is 19. The van der Waals surface area contributed by atoms with Gasteiger partial charge in [-0.15, -0.1) is 0 Å². The van der Waals surface area contributed by atoms with Crippen molar-refractivity contribution in [1.82, 2.24) is 0 Å². The highest BCUT2D eigenvalue weighted by Gasteiger charge is 2.25. The molecule has 0 heterocycles. The van der Waals surface area contributed by atoms with E-state index in [-0.39, 0.29) is 42.7 Å². The Morgan fingerprint density at radius 2 is 0.947 bits per heavy atom. The van der Waals surface area contributed by atoms with E-state index >= 15 is 0 Å². The van der Waals surface area contributed by atoms with E-state index in [0.717, 1.165) is 64.2 Å². The Morgan fingerprint density at radius 3 is 1.46 bits per heavy atom. The van der Waals surface area contributed by atoms with Crippen LogP contribution >= 0.6 is 0 Å². The molecule has 2 atom stereocenters.